The lowest BCUT2D eigenvalue weighted by atomic mass is 10.1. The summed E-state index contributed by atoms with van der Waals surface area (Å²) in [5.74, 6) is -0.806. The van der Waals surface area contributed by atoms with Crippen molar-refractivity contribution in [3.8, 4) is 0 Å². The SMILES string of the molecule is Cc1cc(CC(=O)O)cc(C)n1.Cl. The molecular formula is C9H12ClNO2. The second-order valence-electron chi connectivity index (χ2n) is 2.83. The van der Waals surface area contributed by atoms with Crippen LogP contribution < -0.4 is 0 Å². The number of aromatic nitrogens is 1. The first kappa shape index (κ1) is 11.9. The van der Waals surface area contributed by atoms with Gasteiger partial charge in [0, 0.05) is 11.4 Å². The van der Waals surface area contributed by atoms with Crippen LogP contribution in [0.5, 0.6) is 0 Å². The van der Waals surface area contributed by atoms with E-state index < -0.39 is 5.97 Å². The molecule has 0 saturated heterocycles. The van der Waals surface area contributed by atoms with E-state index in [9.17, 15) is 4.79 Å². The number of carboxylic acids is 1. The molecule has 0 unspecified atom stereocenters. The molecule has 0 aliphatic rings. The maximum atomic E-state index is 10.4. The lowest BCUT2D eigenvalue weighted by Crippen LogP contribution is -2.01. The molecule has 0 saturated carbocycles. The Morgan fingerprint density at radius 2 is 1.85 bits per heavy atom. The average Bonchev–Trinajstić information content (AvgIpc) is 1.81. The largest absolute Gasteiger partial charge is 0.481 e. The quantitative estimate of drug-likeness (QED) is 0.793. The third-order valence-electron chi connectivity index (χ3n) is 1.50. The van der Waals surface area contributed by atoms with Crippen LogP contribution in [0.15, 0.2) is 12.1 Å². The zero-order valence-electron chi connectivity index (χ0n) is 7.57. The molecule has 0 spiro atoms. The molecule has 1 aromatic rings. The van der Waals surface area contributed by atoms with Gasteiger partial charge in [0.05, 0.1) is 6.42 Å². The number of hydrogen-bond donors (Lipinski definition) is 1. The van der Waals surface area contributed by atoms with Gasteiger partial charge in [-0.25, -0.2) is 0 Å². The summed E-state index contributed by atoms with van der Waals surface area (Å²) in [6.45, 7) is 3.72. The van der Waals surface area contributed by atoms with E-state index >= 15 is 0 Å². The van der Waals surface area contributed by atoms with Crippen LogP contribution in [0.25, 0.3) is 0 Å². The molecule has 1 rings (SSSR count). The van der Waals surface area contributed by atoms with Crippen LogP contribution in [0.2, 0.25) is 0 Å². The molecule has 1 heterocycles. The number of hydrogen-bond acceptors (Lipinski definition) is 2. The summed E-state index contributed by atoms with van der Waals surface area (Å²) in [6, 6.07) is 3.59. The van der Waals surface area contributed by atoms with E-state index in [1.807, 2.05) is 13.8 Å². The van der Waals surface area contributed by atoms with E-state index in [2.05, 4.69) is 4.98 Å². The molecule has 13 heavy (non-hydrogen) atoms. The van der Waals surface area contributed by atoms with Crippen molar-refractivity contribution in [2.45, 2.75) is 20.3 Å². The average molecular weight is 202 g/mol. The molecule has 0 bridgehead atoms. The molecule has 0 aliphatic heterocycles. The number of carboxylic acid groups (broad SMARTS) is 1. The highest BCUT2D eigenvalue weighted by Crippen LogP contribution is 2.05. The Hall–Kier alpha value is -1.09. The van der Waals surface area contributed by atoms with E-state index in [1.165, 1.54) is 0 Å². The molecule has 1 aromatic heterocycles. The summed E-state index contributed by atoms with van der Waals surface area (Å²) < 4.78 is 0. The van der Waals surface area contributed by atoms with Crippen molar-refractivity contribution in [1.29, 1.82) is 0 Å². The first-order valence-electron chi connectivity index (χ1n) is 3.74. The zero-order chi connectivity index (χ0) is 9.14. The number of aryl methyl sites for hydroxylation is 2. The number of halogens is 1. The standard InChI is InChI=1S/C9H11NO2.ClH/c1-6-3-8(5-9(11)12)4-7(2)10-6;/h3-4H,5H2,1-2H3,(H,11,12);1H. The predicted molar refractivity (Wildman–Crippen MR) is 52.3 cm³/mol. The van der Waals surface area contributed by atoms with Crippen LogP contribution >= 0.6 is 12.4 Å². The van der Waals surface area contributed by atoms with Gasteiger partial charge in [0.15, 0.2) is 0 Å². The molecule has 0 aromatic carbocycles. The molecule has 0 aliphatic carbocycles. The topological polar surface area (TPSA) is 50.2 Å². The van der Waals surface area contributed by atoms with Crippen LogP contribution in [0.3, 0.4) is 0 Å². The van der Waals surface area contributed by atoms with Gasteiger partial charge in [0.2, 0.25) is 0 Å². The molecule has 0 fully saturated rings. The van der Waals surface area contributed by atoms with Gasteiger partial charge in [0.25, 0.3) is 0 Å². The van der Waals surface area contributed by atoms with Crippen LogP contribution in [0.4, 0.5) is 0 Å². The van der Waals surface area contributed by atoms with Crippen LogP contribution in [-0.4, -0.2) is 16.1 Å². The fourth-order valence-electron chi connectivity index (χ4n) is 1.20. The molecule has 0 radical (unpaired) electrons. The summed E-state index contributed by atoms with van der Waals surface area (Å²) in [6.07, 6.45) is 0.0736. The van der Waals surface area contributed by atoms with Gasteiger partial charge < -0.3 is 5.11 Å². The van der Waals surface area contributed by atoms with Gasteiger partial charge in [-0.3, -0.25) is 9.78 Å². The van der Waals surface area contributed by atoms with E-state index in [-0.39, 0.29) is 18.8 Å². The molecule has 3 nitrogen and oxygen atoms in total. The Labute approximate surface area is 83.2 Å². The Kier molecular flexibility index (Phi) is 4.42. The first-order chi connectivity index (χ1) is 5.58. The van der Waals surface area contributed by atoms with E-state index in [1.54, 1.807) is 12.1 Å². The number of pyridine rings is 1. The van der Waals surface area contributed by atoms with Crippen molar-refractivity contribution in [3.05, 3.63) is 29.1 Å². The fourth-order valence-corrected chi connectivity index (χ4v) is 1.20. The maximum Gasteiger partial charge on any atom is 0.307 e. The molecule has 0 amide bonds. The van der Waals surface area contributed by atoms with E-state index in [4.69, 9.17) is 5.11 Å². The lowest BCUT2D eigenvalue weighted by Gasteiger charge is -2.00. The minimum absolute atomic E-state index is 0. The van der Waals surface area contributed by atoms with Crippen molar-refractivity contribution < 1.29 is 9.90 Å². The fraction of sp³-hybridized carbons (Fsp3) is 0.333. The van der Waals surface area contributed by atoms with Gasteiger partial charge in [-0.2, -0.15) is 0 Å². The molecule has 72 valence electrons. The van der Waals surface area contributed by atoms with Crippen molar-refractivity contribution in [3.63, 3.8) is 0 Å². The van der Waals surface area contributed by atoms with Crippen molar-refractivity contribution in [2.24, 2.45) is 0 Å². The van der Waals surface area contributed by atoms with Crippen LogP contribution in [-0.2, 0) is 11.2 Å². The van der Waals surface area contributed by atoms with Crippen LogP contribution in [0, 0.1) is 13.8 Å². The van der Waals surface area contributed by atoms with Gasteiger partial charge in [0.1, 0.15) is 0 Å². The lowest BCUT2D eigenvalue weighted by molar-refractivity contribution is -0.136. The predicted octanol–water partition coefficient (Wildman–Crippen LogP) is 1.75. The summed E-state index contributed by atoms with van der Waals surface area (Å²) in [7, 11) is 0. The van der Waals surface area contributed by atoms with Crippen molar-refractivity contribution >= 4 is 18.4 Å². The second kappa shape index (κ2) is 4.82. The number of carbonyl (C=O) groups is 1. The number of aliphatic carboxylic acids is 1. The van der Waals surface area contributed by atoms with Crippen molar-refractivity contribution in [2.75, 3.05) is 0 Å². The second-order valence-corrected chi connectivity index (χ2v) is 2.83. The highest BCUT2D eigenvalue weighted by Gasteiger charge is 2.01. The third-order valence-corrected chi connectivity index (χ3v) is 1.50. The summed E-state index contributed by atoms with van der Waals surface area (Å²) >= 11 is 0. The Morgan fingerprint density at radius 1 is 1.38 bits per heavy atom. The Morgan fingerprint density at radius 3 is 2.23 bits per heavy atom. The van der Waals surface area contributed by atoms with E-state index in [0.717, 1.165) is 17.0 Å². The maximum absolute atomic E-state index is 10.4. The summed E-state index contributed by atoms with van der Waals surface area (Å²) in [4.78, 5) is 14.5. The van der Waals surface area contributed by atoms with Gasteiger partial charge in [-0.1, -0.05) is 0 Å². The minimum atomic E-state index is -0.806. The monoisotopic (exact) mass is 201 g/mol. The normalized spacial score (nSPS) is 9.08. The Bertz CT molecular complexity index is 292. The first-order valence-corrected chi connectivity index (χ1v) is 3.74. The zero-order valence-corrected chi connectivity index (χ0v) is 8.39. The minimum Gasteiger partial charge on any atom is -0.481 e. The van der Waals surface area contributed by atoms with Crippen molar-refractivity contribution in [1.82, 2.24) is 4.98 Å². The smallest absolute Gasteiger partial charge is 0.307 e. The number of rotatable bonds is 2. The molecule has 1 N–H and O–H groups in total. The van der Waals surface area contributed by atoms with Gasteiger partial charge >= 0.3 is 5.97 Å². The molecular weight excluding hydrogens is 190 g/mol. The Balaban J connectivity index is 0.00000144. The van der Waals surface area contributed by atoms with Gasteiger partial charge in [-0.05, 0) is 31.5 Å². The third kappa shape index (κ3) is 3.90. The van der Waals surface area contributed by atoms with E-state index in [0.29, 0.717) is 0 Å². The summed E-state index contributed by atoms with van der Waals surface area (Å²) in [5, 5.41) is 8.53. The molecule has 4 heteroatoms. The number of nitrogens with zero attached hydrogens (tertiary/aromatic N) is 1. The highest BCUT2D eigenvalue weighted by molar-refractivity contribution is 5.85. The van der Waals surface area contributed by atoms with Crippen LogP contribution in [0.1, 0.15) is 17.0 Å². The highest BCUT2D eigenvalue weighted by atomic mass is 35.5. The summed E-state index contributed by atoms with van der Waals surface area (Å²) in [5.41, 5.74) is 2.55. The molecule has 0 atom stereocenters. The van der Waals surface area contributed by atoms with Gasteiger partial charge in [-0.15, -0.1) is 12.4 Å².